The van der Waals surface area contributed by atoms with Crippen LogP contribution in [0.25, 0.3) is 0 Å². The van der Waals surface area contributed by atoms with Crippen LogP contribution in [0.4, 0.5) is 16.2 Å². The molecule has 0 saturated heterocycles. The van der Waals surface area contributed by atoms with Crippen molar-refractivity contribution < 1.29 is 29.4 Å². The number of anilines is 2. The highest BCUT2D eigenvalue weighted by atomic mass is 16.4. The van der Waals surface area contributed by atoms with Gasteiger partial charge in [-0.25, -0.2) is 9.59 Å². The summed E-state index contributed by atoms with van der Waals surface area (Å²) in [7, 11) is 0. The summed E-state index contributed by atoms with van der Waals surface area (Å²) in [6.45, 7) is 1.23. The Balaban J connectivity index is 1.93. The Bertz CT molecular complexity index is 1340. The van der Waals surface area contributed by atoms with Crippen molar-refractivity contribution in [3.05, 3.63) is 95.1 Å². The Morgan fingerprint density at radius 2 is 1.72 bits per heavy atom. The number of nitrogens with zero attached hydrogens (tertiary/aromatic N) is 2. The number of primary amides is 1. The highest BCUT2D eigenvalue weighted by Crippen LogP contribution is 2.41. The molecule has 36 heavy (non-hydrogen) atoms. The van der Waals surface area contributed by atoms with Crippen LogP contribution in [0, 0.1) is 6.92 Å². The summed E-state index contributed by atoms with van der Waals surface area (Å²) in [6.07, 6.45) is 0.106. The van der Waals surface area contributed by atoms with Gasteiger partial charge in [0.05, 0.1) is 5.56 Å². The molecule has 3 aromatic rings. The molecule has 3 amide bonds. The monoisotopic (exact) mass is 487 g/mol. The molecule has 0 spiro atoms. The van der Waals surface area contributed by atoms with Crippen LogP contribution in [0.2, 0.25) is 0 Å². The van der Waals surface area contributed by atoms with Crippen molar-refractivity contribution in [2.75, 3.05) is 16.3 Å². The standard InChI is InChI=1S/C27H25N3O6/c1-16-10-11-20-21(17-6-3-2-4-7-17)14-23(25(33)29(15-24(31)32)22(20)12-16)30(27(28)36)19-9-5-8-18(13-19)26(34)35/h2-13,21,23H,14-15H2,1H3,(H2,28,36)(H,31,32)(H,34,35). The molecule has 0 radical (unpaired) electrons. The molecule has 0 saturated carbocycles. The van der Waals surface area contributed by atoms with Crippen LogP contribution in [-0.2, 0) is 9.59 Å². The Hall–Kier alpha value is -4.66. The summed E-state index contributed by atoms with van der Waals surface area (Å²) in [5, 5.41) is 19.1. The summed E-state index contributed by atoms with van der Waals surface area (Å²) in [5.41, 5.74) is 8.70. The topological polar surface area (TPSA) is 141 Å². The Labute approximate surface area is 207 Å². The maximum Gasteiger partial charge on any atom is 0.335 e. The molecule has 2 unspecified atom stereocenters. The summed E-state index contributed by atoms with van der Waals surface area (Å²) in [4.78, 5) is 52.3. The Morgan fingerprint density at radius 1 is 1.00 bits per heavy atom. The number of rotatable bonds is 6. The second-order valence-corrected chi connectivity index (χ2v) is 8.66. The first-order chi connectivity index (χ1) is 17.2. The van der Waals surface area contributed by atoms with E-state index in [2.05, 4.69) is 0 Å². The van der Waals surface area contributed by atoms with Gasteiger partial charge in [-0.1, -0.05) is 48.5 Å². The van der Waals surface area contributed by atoms with Crippen LogP contribution in [0.1, 0.15) is 39.4 Å². The van der Waals surface area contributed by atoms with Crippen molar-refractivity contribution in [2.45, 2.75) is 25.3 Å². The quantitative estimate of drug-likeness (QED) is 0.485. The number of carbonyl (C=O) groups is 4. The minimum absolute atomic E-state index is 0.0827. The van der Waals surface area contributed by atoms with Gasteiger partial charge in [0.15, 0.2) is 0 Å². The number of hydrogen-bond donors (Lipinski definition) is 3. The van der Waals surface area contributed by atoms with Crippen LogP contribution in [0.3, 0.4) is 0 Å². The molecule has 9 heteroatoms. The number of hydrogen-bond acceptors (Lipinski definition) is 4. The van der Waals surface area contributed by atoms with Crippen LogP contribution in [0.5, 0.6) is 0 Å². The number of aliphatic carboxylic acids is 1. The number of carboxylic acids is 2. The lowest BCUT2D eigenvalue weighted by Crippen LogP contribution is -2.53. The fraction of sp³-hybridized carbons (Fsp3) is 0.185. The Morgan fingerprint density at radius 3 is 2.36 bits per heavy atom. The molecule has 3 aromatic carbocycles. The number of urea groups is 1. The smallest absolute Gasteiger partial charge is 0.335 e. The van der Waals surface area contributed by atoms with Gasteiger partial charge in [-0.15, -0.1) is 0 Å². The van der Waals surface area contributed by atoms with Crippen molar-refractivity contribution in [1.82, 2.24) is 0 Å². The van der Waals surface area contributed by atoms with Gasteiger partial charge < -0.3 is 15.9 Å². The van der Waals surface area contributed by atoms with Gasteiger partial charge in [0.1, 0.15) is 12.6 Å². The van der Waals surface area contributed by atoms with E-state index < -0.39 is 36.5 Å². The fourth-order valence-corrected chi connectivity index (χ4v) is 4.70. The van der Waals surface area contributed by atoms with E-state index in [0.717, 1.165) is 26.5 Å². The van der Waals surface area contributed by atoms with E-state index in [0.29, 0.717) is 5.69 Å². The van der Waals surface area contributed by atoms with Crippen LogP contribution in [-0.4, -0.2) is 46.7 Å². The van der Waals surface area contributed by atoms with Gasteiger partial charge in [0, 0.05) is 17.3 Å². The highest BCUT2D eigenvalue weighted by Gasteiger charge is 2.41. The minimum atomic E-state index is -1.22. The van der Waals surface area contributed by atoms with E-state index in [1.54, 1.807) is 6.07 Å². The number of aromatic carboxylic acids is 1. The van der Waals surface area contributed by atoms with Gasteiger partial charge >= 0.3 is 18.0 Å². The van der Waals surface area contributed by atoms with E-state index in [4.69, 9.17) is 5.73 Å². The van der Waals surface area contributed by atoms with Crippen molar-refractivity contribution in [1.29, 1.82) is 0 Å². The zero-order valence-corrected chi connectivity index (χ0v) is 19.5. The van der Waals surface area contributed by atoms with Crippen molar-refractivity contribution in [3.8, 4) is 0 Å². The number of nitrogens with two attached hydrogens (primary N) is 1. The van der Waals surface area contributed by atoms with Gasteiger partial charge in [-0.3, -0.25) is 19.4 Å². The molecule has 2 atom stereocenters. The molecule has 9 nitrogen and oxygen atoms in total. The molecule has 1 aliphatic heterocycles. The highest BCUT2D eigenvalue weighted by molar-refractivity contribution is 6.08. The molecule has 0 aliphatic carbocycles. The predicted molar refractivity (Wildman–Crippen MR) is 133 cm³/mol. The first kappa shape index (κ1) is 24.5. The summed E-state index contributed by atoms with van der Waals surface area (Å²) in [6, 6.07) is 18.3. The number of carboxylic acid groups (broad SMARTS) is 2. The number of fused-ring (bicyclic) bond motifs is 1. The van der Waals surface area contributed by atoms with Gasteiger partial charge in [-0.05, 0) is 54.3 Å². The summed E-state index contributed by atoms with van der Waals surface area (Å²) >= 11 is 0. The lowest BCUT2D eigenvalue weighted by molar-refractivity contribution is -0.136. The number of carbonyl (C=O) groups excluding carboxylic acids is 2. The van der Waals surface area contributed by atoms with Crippen molar-refractivity contribution in [3.63, 3.8) is 0 Å². The van der Waals surface area contributed by atoms with E-state index >= 15 is 0 Å². The van der Waals surface area contributed by atoms with Gasteiger partial charge in [0.2, 0.25) is 0 Å². The third-order valence-corrected chi connectivity index (χ3v) is 6.28. The molecule has 184 valence electrons. The molecule has 4 rings (SSSR count). The van der Waals surface area contributed by atoms with Crippen LogP contribution in [0.15, 0.2) is 72.8 Å². The second-order valence-electron chi connectivity index (χ2n) is 8.66. The van der Waals surface area contributed by atoms with Gasteiger partial charge in [0.25, 0.3) is 5.91 Å². The average molecular weight is 488 g/mol. The maximum absolute atomic E-state index is 14.0. The SMILES string of the molecule is Cc1ccc2c(c1)N(CC(=O)O)C(=O)C(N(C(N)=O)c1cccc(C(=O)O)c1)CC2c1ccccc1. The first-order valence-electron chi connectivity index (χ1n) is 11.3. The zero-order chi connectivity index (χ0) is 26.0. The van der Waals surface area contributed by atoms with E-state index in [9.17, 15) is 29.4 Å². The molecule has 0 bridgehead atoms. The Kier molecular flexibility index (Phi) is 6.73. The molecular formula is C27H25N3O6. The van der Waals surface area contributed by atoms with E-state index in [1.165, 1.54) is 24.3 Å². The fourth-order valence-electron chi connectivity index (χ4n) is 4.70. The third-order valence-electron chi connectivity index (χ3n) is 6.28. The van der Waals surface area contributed by atoms with Crippen LogP contribution < -0.4 is 15.5 Å². The second kappa shape index (κ2) is 9.91. The lowest BCUT2D eigenvalue weighted by Gasteiger charge is -2.32. The molecule has 0 fully saturated rings. The maximum atomic E-state index is 14.0. The number of amides is 3. The van der Waals surface area contributed by atoms with E-state index in [1.807, 2.05) is 49.4 Å². The predicted octanol–water partition coefficient (Wildman–Crippen LogP) is 3.60. The molecular weight excluding hydrogens is 462 g/mol. The summed E-state index contributed by atoms with van der Waals surface area (Å²) in [5.74, 6) is -3.42. The van der Waals surface area contributed by atoms with Gasteiger partial charge in [-0.2, -0.15) is 0 Å². The number of benzene rings is 3. The average Bonchev–Trinajstić information content (AvgIpc) is 2.95. The lowest BCUT2D eigenvalue weighted by atomic mass is 9.85. The summed E-state index contributed by atoms with van der Waals surface area (Å²) < 4.78 is 0. The third kappa shape index (κ3) is 4.76. The molecule has 1 aliphatic rings. The minimum Gasteiger partial charge on any atom is -0.480 e. The largest absolute Gasteiger partial charge is 0.480 e. The number of aryl methyl sites for hydroxylation is 1. The van der Waals surface area contributed by atoms with Crippen molar-refractivity contribution in [2.24, 2.45) is 5.73 Å². The molecule has 0 aromatic heterocycles. The van der Waals surface area contributed by atoms with Crippen LogP contribution >= 0.6 is 0 Å². The van der Waals surface area contributed by atoms with Crippen molar-refractivity contribution >= 4 is 35.3 Å². The molecule has 1 heterocycles. The molecule has 4 N–H and O–H groups in total. The van der Waals surface area contributed by atoms with E-state index in [-0.39, 0.29) is 23.6 Å². The first-order valence-corrected chi connectivity index (χ1v) is 11.3. The zero-order valence-electron chi connectivity index (χ0n) is 19.5. The normalized spacial score (nSPS) is 17.1.